The largest absolute Gasteiger partial charge is 0.339 e. The summed E-state index contributed by atoms with van der Waals surface area (Å²) >= 11 is 1.13. The first kappa shape index (κ1) is 17.4. The Morgan fingerprint density at radius 2 is 1.91 bits per heavy atom. The molecule has 0 aromatic carbocycles. The Morgan fingerprint density at radius 1 is 1.32 bits per heavy atom. The van der Waals surface area contributed by atoms with Crippen molar-refractivity contribution in [2.24, 2.45) is 5.92 Å². The summed E-state index contributed by atoms with van der Waals surface area (Å²) in [5.74, 6) is 0.606. The molecule has 1 saturated heterocycles. The summed E-state index contributed by atoms with van der Waals surface area (Å²) in [6.07, 6.45) is 2.03. The number of likely N-dealkylation sites (tertiary alicyclic amines) is 1. The van der Waals surface area contributed by atoms with Crippen molar-refractivity contribution in [2.45, 2.75) is 37.8 Å². The topological polar surface area (TPSA) is 57.7 Å². The van der Waals surface area contributed by atoms with E-state index in [2.05, 4.69) is 6.92 Å². The number of thiophene rings is 1. The summed E-state index contributed by atoms with van der Waals surface area (Å²) in [5, 5.41) is 1.66. The molecule has 0 radical (unpaired) electrons. The van der Waals surface area contributed by atoms with E-state index in [4.69, 9.17) is 0 Å². The van der Waals surface area contributed by atoms with E-state index in [0.717, 1.165) is 37.3 Å². The fourth-order valence-electron chi connectivity index (χ4n) is 2.65. The lowest BCUT2D eigenvalue weighted by Gasteiger charge is -2.30. The van der Waals surface area contributed by atoms with E-state index in [-0.39, 0.29) is 10.1 Å². The maximum Gasteiger partial charge on any atom is 0.254 e. The molecule has 1 amide bonds. The molecule has 1 aromatic heterocycles. The van der Waals surface area contributed by atoms with Crippen LogP contribution >= 0.6 is 11.3 Å². The van der Waals surface area contributed by atoms with Crippen molar-refractivity contribution in [3.63, 3.8) is 0 Å². The molecule has 0 bridgehead atoms. The summed E-state index contributed by atoms with van der Waals surface area (Å²) in [4.78, 5) is 14.3. The first-order valence-electron chi connectivity index (χ1n) is 7.78. The third kappa shape index (κ3) is 3.52. The summed E-state index contributed by atoms with van der Waals surface area (Å²) < 4.78 is 26.6. The Morgan fingerprint density at radius 3 is 2.45 bits per heavy atom. The monoisotopic (exact) mass is 344 g/mol. The molecule has 0 saturated carbocycles. The van der Waals surface area contributed by atoms with Crippen LogP contribution < -0.4 is 0 Å². The Balaban J connectivity index is 2.16. The van der Waals surface area contributed by atoms with E-state index in [0.29, 0.717) is 24.6 Å². The smallest absolute Gasteiger partial charge is 0.254 e. The Labute approximate surface area is 137 Å². The van der Waals surface area contributed by atoms with E-state index in [1.54, 1.807) is 5.38 Å². The first-order valence-corrected chi connectivity index (χ1v) is 10.1. The zero-order valence-corrected chi connectivity index (χ0v) is 15.0. The number of hydrogen-bond acceptors (Lipinski definition) is 4. The van der Waals surface area contributed by atoms with Crippen LogP contribution in [-0.2, 0) is 10.0 Å². The number of rotatable bonds is 5. The van der Waals surface area contributed by atoms with Gasteiger partial charge < -0.3 is 4.90 Å². The van der Waals surface area contributed by atoms with Gasteiger partial charge in [-0.3, -0.25) is 4.79 Å². The van der Waals surface area contributed by atoms with Crippen LogP contribution in [0.3, 0.4) is 0 Å². The molecule has 0 spiro atoms. The number of amides is 1. The van der Waals surface area contributed by atoms with Gasteiger partial charge in [-0.2, -0.15) is 4.31 Å². The van der Waals surface area contributed by atoms with E-state index < -0.39 is 10.0 Å². The Hall–Kier alpha value is -0.920. The maximum absolute atomic E-state index is 12.5. The van der Waals surface area contributed by atoms with Gasteiger partial charge in [-0.1, -0.05) is 20.8 Å². The number of nitrogens with zero attached hydrogens (tertiary/aromatic N) is 2. The Bertz CT molecular complexity index is 612. The minimum Gasteiger partial charge on any atom is -0.339 e. The SMILES string of the molecule is CCN(CC)S(=O)(=O)c1cc(C(=O)N2CCC(C)CC2)cs1. The minimum atomic E-state index is -3.47. The van der Waals surface area contributed by atoms with Gasteiger partial charge in [0.05, 0.1) is 5.56 Å². The normalized spacial score (nSPS) is 17.2. The van der Waals surface area contributed by atoms with Gasteiger partial charge in [-0.05, 0) is 24.8 Å². The highest BCUT2D eigenvalue weighted by Crippen LogP contribution is 2.26. The summed E-state index contributed by atoms with van der Waals surface area (Å²) in [6, 6.07) is 1.53. The second kappa shape index (κ2) is 7.10. The number of piperidine rings is 1. The average Bonchev–Trinajstić information content (AvgIpc) is 2.99. The fourth-order valence-corrected chi connectivity index (χ4v) is 5.41. The molecule has 7 heteroatoms. The molecule has 0 aliphatic carbocycles. The van der Waals surface area contributed by atoms with E-state index in [1.165, 1.54) is 10.4 Å². The molecule has 2 rings (SSSR count). The van der Waals surface area contributed by atoms with Crippen molar-refractivity contribution in [3.05, 3.63) is 17.0 Å². The standard InChI is InChI=1S/C15H24N2O3S2/c1-4-17(5-2)22(19,20)14-10-13(11-21-14)15(18)16-8-6-12(3)7-9-16/h10-12H,4-9H2,1-3H3. The second-order valence-electron chi connectivity index (χ2n) is 5.72. The molecule has 0 N–H and O–H groups in total. The van der Waals surface area contributed by atoms with Crippen molar-refractivity contribution >= 4 is 27.3 Å². The van der Waals surface area contributed by atoms with Crippen molar-refractivity contribution < 1.29 is 13.2 Å². The van der Waals surface area contributed by atoms with Crippen molar-refractivity contribution in [2.75, 3.05) is 26.2 Å². The molecule has 124 valence electrons. The lowest BCUT2D eigenvalue weighted by Crippen LogP contribution is -2.37. The number of sulfonamides is 1. The molecule has 0 atom stereocenters. The highest BCUT2D eigenvalue weighted by Gasteiger charge is 2.27. The molecular weight excluding hydrogens is 320 g/mol. The Kier molecular flexibility index (Phi) is 5.63. The molecule has 1 fully saturated rings. The fraction of sp³-hybridized carbons (Fsp3) is 0.667. The highest BCUT2D eigenvalue weighted by atomic mass is 32.2. The van der Waals surface area contributed by atoms with Crippen LogP contribution in [-0.4, -0.2) is 49.7 Å². The lowest BCUT2D eigenvalue weighted by atomic mass is 9.99. The first-order chi connectivity index (χ1) is 10.4. The van der Waals surface area contributed by atoms with Crippen molar-refractivity contribution in [1.82, 2.24) is 9.21 Å². The molecule has 1 aliphatic heterocycles. The van der Waals surface area contributed by atoms with Crippen LogP contribution in [0.2, 0.25) is 0 Å². The molecule has 5 nitrogen and oxygen atoms in total. The van der Waals surface area contributed by atoms with Gasteiger partial charge in [-0.25, -0.2) is 8.42 Å². The maximum atomic E-state index is 12.5. The number of carbonyl (C=O) groups is 1. The predicted octanol–water partition coefficient (Wildman–Crippen LogP) is 2.65. The zero-order chi connectivity index (χ0) is 16.3. The van der Waals surface area contributed by atoms with Crippen LogP contribution in [0.4, 0.5) is 0 Å². The summed E-state index contributed by atoms with van der Waals surface area (Å²) in [5.41, 5.74) is 0.491. The predicted molar refractivity (Wildman–Crippen MR) is 88.7 cm³/mol. The molecular formula is C15H24N2O3S2. The highest BCUT2D eigenvalue weighted by molar-refractivity contribution is 7.91. The van der Waals surface area contributed by atoms with Crippen LogP contribution in [0.15, 0.2) is 15.7 Å². The van der Waals surface area contributed by atoms with Gasteiger partial charge in [-0.15, -0.1) is 11.3 Å². The molecule has 1 aromatic rings. The molecule has 2 heterocycles. The van der Waals surface area contributed by atoms with Crippen LogP contribution in [0.1, 0.15) is 44.0 Å². The van der Waals surface area contributed by atoms with E-state index in [9.17, 15) is 13.2 Å². The second-order valence-corrected chi connectivity index (χ2v) is 8.79. The van der Waals surface area contributed by atoms with Gasteiger partial charge in [0.25, 0.3) is 15.9 Å². The van der Waals surface area contributed by atoms with Crippen LogP contribution in [0.25, 0.3) is 0 Å². The third-order valence-corrected chi connectivity index (χ3v) is 7.66. The summed E-state index contributed by atoms with van der Waals surface area (Å²) in [6.45, 7) is 8.21. The quantitative estimate of drug-likeness (QED) is 0.825. The lowest BCUT2D eigenvalue weighted by molar-refractivity contribution is 0.0697. The van der Waals surface area contributed by atoms with E-state index >= 15 is 0 Å². The molecule has 22 heavy (non-hydrogen) atoms. The number of carbonyl (C=O) groups excluding carboxylic acids is 1. The van der Waals surface area contributed by atoms with Gasteiger partial charge >= 0.3 is 0 Å². The van der Waals surface area contributed by atoms with Gasteiger partial charge in [0.1, 0.15) is 4.21 Å². The van der Waals surface area contributed by atoms with Gasteiger partial charge in [0.15, 0.2) is 0 Å². The summed E-state index contributed by atoms with van der Waals surface area (Å²) in [7, 11) is -3.47. The van der Waals surface area contributed by atoms with Gasteiger partial charge in [0, 0.05) is 31.6 Å². The van der Waals surface area contributed by atoms with Crippen molar-refractivity contribution in [3.8, 4) is 0 Å². The van der Waals surface area contributed by atoms with Gasteiger partial charge in [0.2, 0.25) is 0 Å². The minimum absolute atomic E-state index is 0.0517. The van der Waals surface area contributed by atoms with Crippen LogP contribution in [0, 0.1) is 5.92 Å². The van der Waals surface area contributed by atoms with Crippen molar-refractivity contribution in [1.29, 1.82) is 0 Å². The number of hydrogen-bond donors (Lipinski definition) is 0. The van der Waals surface area contributed by atoms with E-state index in [1.807, 2.05) is 18.7 Å². The zero-order valence-electron chi connectivity index (χ0n) is 13.4. The average molecular weight is 345 g/mol. The molecule has 1 aliphatic rings. The third-order valence-electron chi connectivity index (χ3n) is 4.19. The van der Waals surface area contributed by atoms with Crippen LogP contribution in [0.5, 0.6) is 0 Å². The molecule has 0 unspecified atom stereocenters.